The van der Waals surface area contributed by atoms with Gasteiger partial charge in [0.2, 0.25) is 0 Å². The Balaban J connectivity index is 0.000000130. The number of pyridine rings is 5. The number of aromatic hydroxyl groups is 8. The number of hydrogen-bond donors (Lipinski definition) is 10. The summed E-state index contributed by atoms with van der Waals surface area (Å²) >= 11 is 0. The van der Waals surface area contributed by atoms with Gasteiger partial charge in [0.05, 0.1) is 11.1 Å². The SMILES string of the molecule is O=C(O)c1c(O)c(N=Nc2ccccn2)cc2ccccc12.O=C(O)c1cc2ccccc2c(N=Nc2ccccn2)c1O.Oc1cc(O)c2ccccc2c1N=Nc1ccccn1.Oc1ccc(N=Nc2ccccn2)c2c(O)cccc12.Oc1ccc2c(N=Nc3ccccn3)c(O)ccc2c1. The average molecular weight is 1380 g/mol. The summed E-state index contributed by atoms with van der Waals surface area (Å²) in [4.78, 5) is 42.8. The molecule has 10 N–H and O–H groups in total. The molecule has 0 aliphatic carbocycles. The van der Waals surface area contributed by atoms with Gasteiger partial charge in [-0.15, -0.1) is 51.1 Å². The van der Waals surface area contributed by atoms with Gasteiger partial charge < -0.3 is 51.1 Å². The molecular formula is C77H55N15O12. The fourth-order valence-corrected chi connectivity index (χ4v) is 10.0. The first-order chi connectivity index (χ1) is 50.6. The highest BCUT2D eigenvalue weighted by atomic mass is 16.4. The third kappa shape index (κ3) is 17.3. The van der Waals surface area contributed by atoms with Crippen molar-refractivity contribution in [3.05, 3.63) is 285 Å². The van der Waals surface area contributed by atoms with Crippen molar-refractivity contribution in [3.8, 4) is 46.0 Å². The summed E-state index contributed by atoms with van der Waals surface area (Å²) in [6.45, 7) is 0. The smallest absolute Gasteiger partial charge is 0.340 e. The summed E-state index contributed by atoms with van der Waals surface area (Å²) in [5, 5.41) is 144. The van der Waals surface area contributed by atoms with Crippen LogP contribution < -0.4 is 0 Å². The van der Waals surface area contributed by atoms with Gasteiger partial charge in [-0.25, -0.2) is 34.5 Å². The number of carboxylic acid groups (broad SMARTS) is 2. The highest BCUT2D eigenvalue weighted by Gasteiger charge is 2.20. The van der Waals surface area contributed by atoms with Gasteiger partial charge in [-0.3, -0.25) is 0 Å². The van der Waals surface area contributed by atoms with E-state index in [0.717, 1.165) is 5.39 Å². The van der Waals surface area contributed by atoms with Gasteiger partial charge in [0.15, 0.2) is 40.6 Å². The Kier molecular flexibility index (Phi) is 22.3. The Hall–Kier alpha value is -15.4. The summed E-state index contributed by atoms with van der Waals surface area (Å²) < 4.78 is 0. The van der Waals surface area contributed by atoms with E-state index in [-0.39, 0.29) is 57.0 Å². The van der Waals surface area contributed by atoms with E-state index in [4.69, 9.17) is 0 Å². The highest BCUT2D eigenvalue weighted by Crippen LogP contribution is 2.44. The summed E-state index contributed by atoms with van der Waals surface area (Å²) in [5.41, 5.74) is 0.934. The van der Waals surface area contributed by atoms with Crippen LogP contribution in [0.1, 0.15) is 20.7 Å². The maximum atomic E-state index is 11.4. The molecule has 0 aliphatic rings. The number of aromatic carboxylic acids is 2. The number of fused-ring (bicyclic) bond motifs is 5. The van der Waals surface area contributed by atoms with Crippen LogP contribution in [0.4, 0.5) is 57.5 Å². The summed E-state index contributed by atoms with van der Waals surface area (Å²) in [6, 6.07) is 67.7. The normalized spacial score (nSPS) is 11.2. The molecule has 5 heterocycles. The van der Waals surface area contributed by atoms with Gasteiger partial charge in [-0.1, -0.05) is 121 Å². The number of phenolic OH excluding ortho intramolecular Hbond substituents is 6. The number of hydrogen-bond acceptors (Lipinski definition) is 25. The van der Waals surface area contributed by atoms with Crippen LogP contribution in [0.15, 0.2) is 325 Å². The maximum absolute atomic E-state index is 11.4. The molecule has 104 heavy (non-hydrogen) atoms. The van der Waals surface area contributed by atoms with Crippen molar-refractivity contribution < 1.29 is 60.7 Å². The molecule has 27 nitrogen and oxygen atoms in total. The van der Waals surface area contributed by atoms with E-state index in [2.05, 4.69) is 76.1 Å². The highest BCUT2D eigenvalue weighted by molar-refractivity contribution is 6.09. The third-order valence-electron chi connectivity index (χ3n) is 14.9. The lowest BCUT2D eigenvalue weighted by molar-refractivity contribution is 0.0683. The van der Waals surface area contributed by atoms with E-state index in [1.54, 1.807) is 237 Å². The molecule has 27 heteroatoms. The molecule has 510 valence electrons. The molecule has 0 aliphatic heterocycles. The monoisotopic (exact) mass is 1380 g/mol. The Morgan fingerprint density at radius 3 is 1.23 bits per heavy atom. The van der Waals surface area contributed by atoms with Crippen molar-refractivity contribution in [2.24, 2.45) is 51.1 Å². The number of phenols is 8. The lowest BCUT2D eigenvalue weighted by Gasteiger charge is -2.07. The largest absolute Gasteiger partial charge is 0.508 e. The second-order valence-corrected chi connectivity index (χ2v) is 21.7. The van der Waals surface area contributed by atoms with Crippen molar-refractivity contribution in [2.45, 2.75) is 0 Å². The molecule has 0 saturated heterocycles. The first kappa shape index (κ1) is 69.9. The molecule has 0 fully saturated rings. The van der Waals surface area contributed by atoms with Crippen molar-refractivity contribution in [1.82, 2.24) is 24.9 Å². The van der Waals surface area contributed by atoms with Gasteiger partial charge >= 0.3 is 11.9 Å². The predicted octanol–water partition coefficient (Wildman–Crippen LogP) is 20.3. The molecule has 5 aromatic heterocycles. The molecule has 0 bridgehead atoms. The van der Waals surface area contributed by atoms with E-state index >= 15 is 0 Å². The Bertz CT molecular complexity index is 5750. The van der Waals surface area contributed by atoms with Crippen molar-refractivity contribution in [2.75, 3.05) is 0 Å². The molecule has 0 atom stereocenters. The standard InChI is InChI=1S/2C16H11N3O3.3C15H11N3O2/c20-15-12(18-19-13-7-3-4-8-17-13)9-10-5-1-2-6-11(10)14(15)16(21)22;20-15-12(16(21)22)9-10-5-1-2-6-11(10)14(15)19-18-13-7-3-4-8-17-13;19-12-8-7-11(15-10(12)4-3-5-13(15)20)17-18-14-6-1-2-9-16-14;19-12-9-13(20)15(11-6-2-1-5-10(11)12)18-17-14-7-3-4-8-16-14;19-11-5-6-12-10(9-11)4-7-13(20)15(12)18-17-14-3-1-2-8-16-14/h2*1-9,20H,(H,21,22);3*1-9,19-20H. The maximum Gasteiger partial charge on any atom is 0.340 e. The number of nitrogens with zero attached hydrogens (tertiary/aromatic N) is 15. The van der Waals surface area contributed by atoms with E-state index in [1.807, 2.05) is 12.1 Å². The molecule has 10 aromatic carbocycles. The van der Waals surface area contributed by atoms with Crippen LogP contribution in [0.2, 0.25) is 0 Å². The lowest BCUT2D eigenvalue weighted by atomic mass is 10.0. The van der Waals surface area contributed by atoms with Crippen LogP contribution in [0.3, 0.4) is 0 Å². The fraction of sp³-hybridized carbons (Fsp3) is 0. The molecule has 0 unspecified atom stereocenters. The zero-order chi connectivity index (χ0) is 72.9. The third-order valence-corrected chi connectivity index (χ3v) is 14.9. The lowest BCUT2D eigenvalue weighted by Crippen LogP contribution is -1.98. The van der Waals surface area contributed by atoms with Gasteiger partial charge in [0.1, 0.15) is 68.4 Å². The quantitative estimate of drug-likeness (QED) is 0.0508. The van der Waals surface area contributed by atoms with Crippen LogP contribution in [-0.4, -0.2) is 87.9 Å². The second kappa shape index (κ2) is 33.2. The second-order valence-electron chi connectivity index (χ2n) is 21.7. The number of rotatable bonds is 12. The predicted molar refractivity (Wildman–Crippen MR) is 389 cm³/mol. The number of carboxylic acids is 2. The summed E-state index contributed by atoms with van der Waals surface area (Å²) in [7, 11) is 0. The van der Waals surface area contributed by atoms with E-state index in [1.165, 1.54) is 24.3 Å². The summed E-state index contributed by atoms with van der Waals surface area (Å²) in [6.07, 6.45) is 8.00. The molecule has 0 amide bonds. The van der Waals surface area contributed by atoms with Crippen LogP contribution >= 0.6 is 0 Å². The zero-order valence-corrected chi connectivity index (χ0v) is 54.0. The number of azo groups is 5. The minimum Gasteiger partial charge on any atom is -0.508 e. The molecular weight excluding hydrogens is 1330 g/mol. The first-order valence-electron chi connectivity index (χ1n) is 31.0. The molecule has 0 saturated carbocycles. The number of carbonyl (C=O) groups is 2. The number of benzene rings is 10. The molecule has 0 spiro atoms. The van der Waals surface area contributed by atoms with Crippen molar-refractivity contribution in [1.29, 1.82) is 0 Å². The van der Waals surface area contributed by atoms with E-state index < -0.39 is 23.4 Å². The van der Waals surface area contributed by atoms with E-state index in [0.29, 0.717) is 94.6 Å². The molecule has 0 radical (unpaired) electrons. The van der Waals surface area contributed by atoms with Crippen molar-refractivity contribution >= 4 is 123 Å². The summed E-state index contributed by atoms with van der Waals surface area (Å²) in [5.74, 6) is -0.928. The van der Waals surface area contributed by atoms with Crippen LogP contribution in [0.25, 0.3) is 53.9 Å². The average Bonchev–Trinajstić information content (AvgIpc) is 0.794. The first-order valence-corrected chi connectivity index (χ1v) is 31.0. The van der Waals surface area contributed by atoms with Gasteiger partial charge in [0.25, 0.3) is 0 Å². The Morgan fingerprint density at radius 1 is 0.269 bits per heavy atom. The van der Waals surface area contributed by atoms with Gasteiger partial charge in [-0.2, -0.15) is 0 Å². The minimum absolute atomic E-state index is 0.00915. The van der Waals surface area contributed by atoms with Gasteiger partial charge in [-0.05, 0) is 131 Å². The van der Waals surface area contributed by atoms with Crippen LogP contribution in [0.5, 0.6) is 46.0 Å². The zero-order valence-electron chi connectivity index (χ0n) is 54.0. The van der Waals surface area contributed by atoms with Crippen LogP contribution in [0, 0.1) is 0 Å². The molecule has 15 aromatic rings. The fourth-order valence-electron chi connectivity index (χ4n) is 10.0. The van der Waals surface area contributed by atoms with E-state index in [9.17, 15) is 60.7 Å². The van der Waals surface area contributed by atoms with Gasteiger partial charge in [0, 0.05) is 69.4 Å². The topological polar surface area (TPSA) is 424 Å². The number of aromatic nitrogens is 5. The Labute approximate surface area is 588 Å². The minimum atomic E-state index is -1.22. The van der Waals surface area contributed by atoms with Crippen molar-refractivity contribution in [3.63, 3.8) is 0 Å². The van der Waals surface area contributed by atoms with Crippen LogP contribution in [-0.2, 0) is 0 Å². The molecule has 15 rings (SSSR count). The Morgan fingerprint density at radius 2 is 0.702 bits per heavy atom.